The van der Waals surface area contributed by atoms with Crippen molar-refractivity contribution in [3.8, 4) is 17.2 Å². The smallest absolute Gasteiger partial charge is 0.245 e. The first-order chi connectivity index (χ1) is 20.5. The summed E-state index contributed by atoms with van der Waals surface area (Å²) in [5.74, 6) is 2.11. The minimum atomic E-state index is -0.762. The van der Waals surface area contributed by atoms with E-state index in [1.165, 1.54) is 11.1 Å². The number of halogens is 1. The van der Waals surface area contributed by atoms with Crippen LogP contribution in [0.5, 0.6) is 17.2 Å². The van der Waals surface area contributed by atoms with E-state index in [2.05, 4.69) is 59.7 Å². The lowest BCUT2D eigenvalue weighted by Gasteiger charge is -2.30. The Morgan fingerprint density at radius 3 is 2.09 bits per heavy atom. The zero-order chi connectivity index (χ0) is 31.6. The van der Waals surface area contributed by atoms with Crippen LogP contribution < -0.4 is 14.2 Å². The Balaban J connectivity index is 1.73. The monoisotopic (exact) mass is 607 g/mol. The van der Waals surface area contributed by atoms with Crippen LogP contribution >= 0.6 is 11.6 Å². The molecule has 0 heterocycles. The Morgan fingerprint density at radius 2 is 1.47 bits per heavy atom. The van der Waals surface area contributed by atoms with E-state index in [1.807, 2.05) is 53.4 Å². The fraction of sp³-hybridized carbons (Fsp3) is 0.486. The van der Waals surface area contributed by atoms with Gasteiger partial charge in [-0.15, -0.1) is 11.6 Å². The molecular formula is C37H50ClNO4. The van der Waals surface area contributed by atoms with Crippen molar-refractivity contribution in [1.82, 2.24) is 4.90 Å². The van der Waals surface area contributed by atoms with Gasteiger partial charge in [0.25, 0.3) is 0 Å². The summed E-state index contributed by atoms with van der Waals surface area (Å²) < 4.78 is 17.3. The average Bonchev–Trinajstić information content (AvgIpc) is 3.03. The second-order valence-electron chi connectivity index (χ2n) is 12.5. The van der Waals surface area contributed by atoms with E-state index < -0.39 is 5.38 Å². The quantitative estimate of drug-likeness (QED) is 0.120. The standard InChI is InChI=1S/C37H50ClNO4/c1-9-36(3,4)29-19-21-31(30(25-29)37(5,6)10-2)43-23-15-14-22-39(35(40)34(38)28-16-12-11-13-17-28)26-27-18-20-32(41-7)33(24-27)42-8/h11-13,16-21,24-25,34H,9-10,14-15,22-23,26H2,1-8H3. The van der Waals surface area contributed by atoms with Gasteiger partial charge in [0.2, 0.25) is 5.91 Å². The van der Waals surface area contributed by atoms with Crippen molar-refractivity contribution >= 4 is 17.5 Å². The highest BCUT2D eigenvalue weighted by atomic mass is 35.5. The molecule has 0 saturated heterocycles. The molecule has 234 valence electrons. The van der Waals surface area contributed by atoms with Gasteiger partial charge >= 0.3 is 0 Å². The summed E-state index contributed by atoms with van der Waals surface area (Å²) in [6, 6.07) is 21.9. The molecule has 0 aliphatic carbocycles. The van der Waals surface area contributed by atoms with Crippen LogP contribution in [0.2, 0.25) is 0 Å². The third-order valence-corrected chi connectivity index (χ3v) is 9.22. The fourth-order valence-corrected chi connectivity index (χ4v) is 5.26. The Morgan fingerprint density at radius 1 is 0.814 bits per heavy atom. The molecular weight excluding hydrogens is 558 g/mol. The number of ether oxygens (including phenoxy) is 3. The van der Waals surface area contributed by atoms with Crippen LogP contribution in [0.1, 0.15) is 94.9 Å². The van der Waals surface area contributed by atoms with Gasteiger partial charge in [0.1, 0.15) is 11.1 Å². The molecule has 6 heteroatoms. The van der Waals surface area contributed by atoms with Crippen molar-refractivity contribution < 1.29 is 19.0 Å². The number of benzene rings is 3. The highest BCUT2D eigenvalue weighted by Gasteiger charge is 2.27. The lowest BCUT2D eigenvalue weighted by atomic mass is 9.76. The number of carbonyl (C=O) groups excluding carboxylic acids is 1. The number of rotatable bonds is 16. The van der Waals surface area contributed by atoms with Gasteiger partial charge in [0, 0.05) is 18.7 Å². The number of hydrogen-bond acceptors (Lipinski definition) is 4. The number of amides is 1. The van der Waals surface area contributed by atoms with Gasteiger partial charge in [-0.1, -0.05) is 90.1 Å². The normalized spacial score (nSPS) is 12.5. The summed E-state index contributed by atoms with van der Waals surface area (Å²) in [4.78, 5) is 15.5. The molecule has 0 N–H and O–H groups in total. The van der Waals surface area contributed by atoms with Gasteiger partial charge in [-0.25, -0.2) is 0 Å². The van der Waals surface area contributed by atoms with Gasteiger partial charge < -0.3 is 19.1 Å². The van der Waals surface area contributed by atoms with E-state index in [0.717, 1.165) is 42.6 Å². The minimum absolute atomic E-state index is 0.00457. The summed E-state index contributed by atoms with van der Waals surface area (Å²) in [5.41, 5.74) is 4.45. The van der Waals surface area contributed by atoms with Crippen LogP contribution in [0.4, 0.5) is 0 Å². The topological polar surface area (TPSA) is 48.0 Å². The van der Waals surface area contributed by atoms with Gasteiger partial charge in [0.05, 0.1) is 20.8 Å². The molecule has 0 aliphatic heterocycles. The molecule has 0 bridgehead atoms. The predicted molar refractivity (Wildman–Crippen MR) is 178 cm³/mol. The van der Waals surface area contributed by atoms with Crippen LogP contribution in [0.3, 0.4) is 0 Å². The second-order valence-corrected chi connectivity index (χ2v) is 12.9. The maximum Gasteiger partial charge on any atom is 0.245 e. The highest BCUT2D eigenvalue weighted by molar-refractivity contribution is 6.30. The molecule has 3 aromatic rings. The van der Waals surface area contributed by atoms with Crippen molar-refractivity contribution in [2.24, 2.45) is 0 Å². The van der Waals surface area contributed by atoms with Crippen LogP contribution in [-0.2, 0) is 22.2 Å². The molecule has 0 aromatic heterocycles. The summed E-state index contributed by atoms with van der Waals surface area (Å²) in [5, 5.41) is -0.762. The minimum Gasteiger partial charge on any atom is -0.493 e. The molecule has 0 aliphatic rings. The van der Waals surface area contributed by atoms with Crippen LogP contribution in [-0.4, -0.2) is 38.2 Å². The Bertz CT molecular complexity index is 1320. The number of carbonyl (C=O) groups is 1. The van der Waals surface area contributed by atoms with Crippen molar-refractivity contribution in [3.05, 3.63) is 89.0 Å². The van der Waals surface area contributed by atoms with Gasteiger partial charge in [-0.3, -0.25) is 4.79 Å². The zero-order valence-corrected chi connectivity index (χ0v) is 28.1. The second kappa shape index (κ2) is 15.5. The molecule has 3 aromatic carbocycles. The number of nitrogens with zero attached hydrogens (tertiary/aromatic N) is 1. The third-order valence-electron chi connectivity index (χ3n) is 8.78. The highest BCUT2D eigenvalue weighted by Crippen LogP contribution is 2.38. The van der Waals surface area contributed by atoms with E-state index >= 15 is 0 Å². The van der Waals surface area contributed by atoms with Gasteiger partial charge in [-0.05, 0) is 71.4 Å². The van der Waals surface area contributed by atoms with Crippen LogP contribution in [0.25, 0.3) is 0 Å². The lowest BCUT2D eigenvalue weighted by molar-refractivity contribution is -0.131. The van der Waals surface area contributed by atoms with Gasteiger partial charge in [0.15, 0.2) is 11.5 Å². The van der Waals surface area contributed by atoms with Crippen molar-refractivity contribution in [3.63, 3.8) is 0 Å². The summed E-state index contributed by atoms with van der Waals surface area (Å²) in [7, 11) is 3.22. The average molecular weight is 608 g/mol. The van der Waals surface area contributed by atoms with E-state index in [9.17, 15) is 4.79 Å². The first-order valence-corrected chi connectivity index (χ1v) is 15.9. The van der Waals surface area contributed by atoms with E-state index in [4.69, 9.17) is 25.8 Å². The number of hydrogen-bond donors (Lipinski definition) is 0. The number of alkyl halides is 1. The molecule has 1 unspecified atom stereocenters. The summed E-state index contributed by atoms with van der Waals surface area (Å²) in [6.07, 6.45) is 3.69. The Hall–Kier alpha value is -3.18. The molecule has 0 radical (unpaired) electrons. The molecule has 3 rings (SSSR count). The van der Waals surface area contributed by atoms with Gasteiger partial charge in [-0.2, -0.15) is 0 Å². The molecule has 0 saturated carbocycles. The molecule has 1 atom stereocenters. The van der Waals surface area contributed by atoms with Crippen molar-refractivity contribution in [1.29, 1.82) is 0 Å². The SMILES string of the molecule is CCC(C)(C)c1ccc(OCCCCN(Cc2ccc(OC)c(OC)c2)C(=O)C(Cl)c2ccccc2)c(C(C)(C)CC)c1. The predicted octanol–water partition coefficient (Wildman–Crippen LogP) is 9.25. The summed E-state index contributed by atoms with van der Waals surface area (Å²) >= 11 is 6.71. The maximum atomic E-state index is 13.6. The zero-order valence-electron chi connectivity index (χ0n) is 27.3. The maximum absolute atomic E-state index is 13.6. The van der Waals surface area contributed by atoms with Crippen molar-refractivity contribution in [2.75, 3.05) is 27.4 Å². The van der Waals surface area contributed by atoms with E-state index in [1.54, 1.807) is 14.2 Å². The Labute approximate surface area is 264 Å². The van der Waals surface area contributed by atoms with E-state index in [0.29, 0.717) is 31.2 Å². The van der Waals surface area contributed by atoms with Crippen LogP contribution in [0.15, 0.2) is 66.7 Å². The lowest BCUT2D eigenvalue weighted by Crippen LogP contribution is -2.34. The fourth-order valence-electron chi connectivity index (χ4n) is 4.98. The number of unbranched alkanes of at least 4 members (excludes halogenated alkanes) is 1. The molecule has 43 heavy (non-hydrogen) atoms. The first kappa shape index (κ1) is 34.3. The van der Waals surface area contributed by atoms with Crippen molar-refractivity contribution in [2.45, 2.75) is 90.0 Å². The van der Waals surface area contributed by atoms with E-state index in [-0.39, 0.29) is 16.7 Å². The molecule has 0 spiro atoms. The third kappa shape index (κ3) is 8.92. The first-order valence-electron chi connectivity index (χ1n) is 15.4. The molecule has 1 amide bonds. The largest absolute Gasteiger partial charge is 0.493 e. The van der Waals surface area contributed by atoms with Crippen LogP contribution in [0, 0.1) is 0 Å². The summed E-state index contributed by atoms with van der Waals surface area (Å²) in [6.45, 7) is 15.2. The Kier molecular flexibility index (Phi) is 12.4. The molecule has 5 nitrogen and oxygen atoms in total. The number of methoxy groups -OCH3 is 2. The molecule has 0 fully saturated rings.